The Morgan fingerprint density at radius 2 is 0.340 bits per heavy atom. The fourth-order valence-corrected chi connectivity index (χ4v) is 5.35. The molecule has 0 N–H and O–H groups in total. The van der Waals surface area contributed by atoms with E-state index in [1.807, 2.05) is 0 Å². The van der Waals surface area contributed by atoms with E-state index in [0.29, 0.717) is 0 Å². The molecule has 18 atom stereocenters. The molecule has 36 nitrogen and oxygen atoms in total. The number of hydrogen-bond donors (Lipinski definition) is 0. The Bertz CT molecular complexity index is 2380. The number of rotatable bonds is 16. The third-order valence-corrected chi connectivity index (χ3v) is 11.8. The summed E-state index contributed by atoms with van der Waals surface area (Å²) in [4.78, 5) is 199. The van der Waals surface area contributed by atoms with E-state index in [2.05, 4.69) is 47.4 Å². The van der Waals surface area contributed by atoms with Crippen molar-refractivity contribution in [3.05, 3.63) is 0 Å². The summed E-state index contributed by atoms with van der Waals surface area (Å²) in [6.07, 6.45) is -16.2. The fourth-order valence-electron chi connectivity index (χ4n) is 5.35. The summed E-state index contributed by atoms with van der Waals surface area (Å²) in [5.74, 6) is -10.8. The van der Waals surface area contributed by atoms with Crippen LogP contribution in [-0.2, 0) is 172 Å². The largest absolute Gasteiger partial charge is 0.453 e. The van der Waals surface area contributed by atoms with Crippen molar-refractivity contribution in [1.29, 1.82) is 0 Å². The molecular weight excluding hydrogens is 1270 g/mol. The molecule has 0 aromatic heterocycles. The van der Waals surface area contributed by atoms with Gasteiger partial charge in [-0.2, -0.15) is 0 Å². The highest BCUT2D eigenvalue weighted by Gasteiger charge is 2.37. The van der Waals surface area contributed by atoms with Crippen LogP contribution in [0.15, 0.2) is 0 Å². The first-order chi connectivity index (χ1) is 43.2. The van der Waals surface area contributed by atoms with Gasteiger partial charge in [-0.1, -0.05) is 0 Å². The van der Waals surface area contributed by atoms with E-state index in [1.54, 1.807) is 6.92 Å². The average molecular weight is 1360 g/mol. The smallest absolute Gasteiger partial charge is 0.347 e. The third-order valence-electron chi connectivity index (χ3n) is 11.8. The molecule has 0 aromatic rings. The second-order valence-corrected chi connectivity index (χ2v) is 20.2. The third kappa shape index (κ3) is 32.4. The standard InChI is InChI=1S/C20H30O12.C8H14O4.5C6H8O4/c1-9(21)10(2)28-17(23)12(4)30-19(25)14(6)32-20(26)15(7)31-18(24)13(5)29-16(22)11(3)27-8;1-5(9)6(2)12-8(10)7(3)11-4;5*1-3-5(7)10-4(2)6(8)9-3/h10-15H,1-8H3;6-7H,1-4H3;5*3-4H,1-2H3/t10?,11-,12?,13-,14+,15+;;3-,4+;4*3-,4-/m1..1100/s1. The lowest BCUT2D eigenvalue weighted by molar-refractivity contribution is -0.191. The molecule has 0 saturated carbocycles. The summed E-state index contributed by atoms with van der Waals surface area (Å²) in [5, 5.41) is 0. The van der Waals surface area contributed by atoms with Crippen molar-refractivity contribution in [2.45, 2.75) is 248 Å². The Morgan fingerprint density at radius 3 is 0.447 bits per heavy atom. The number of ether oxygens (including phenoxy) is 18. The van der Waals surface area contributed by atoms with E-state index in [9.17, 15) is 86.3 Å². The summed E-state index contributed by atoms with van der Waals surface area (Å²) in [6.45, 7) is 28.1. The maximum atomic E-state index is 12.1. The molecular formula is C58H84O36. The SMILES string of the molecule is COC(C)C(=O)OC(C)C(C)=O.CO[C@H](C)C(=O)O[C@H](C)C(=O)O[C@@H](C)C(=O)O[C@@H](C)C(=O)OC(C)C(=O)OC(C)C(C)=O.C[C@@H]1OC(=O)[C@@H](C)OC1=O.C[C@@H]1OC(=O)[C@H](C)OC1=O.C[C@@H]1OC(=O)[C@H](C)OC1=O.C[C@H]1OC(=O)[C@@H](C)OC1=O.C[C@H]1OC(=O)[C@@H](C)OC1=O. The van der Waals surface area contributed by atoms with E-state index in [0.717, 1.165) is 0 Å². The van der Waals surface area contributed by atoms with Crippen molar-refractivity contribution in [2.24, 2.45) is 0 Å². The second-order valence-electron chi connectivity index (χ2n) is 20.2. The van der Waals surface area contributed by atoms with Gasteiger partial charge in [0.2, 0.25) is 0 Å². The Labute approximate surface area is 539 Å². The zero-order chi connectivity index (χ0) is 73.5. The lowest BCUT2D eigenvalue weighted by Gasteiger charge is -2.22. The van der Waals surface area contributed by atoms with Gasteiger partial charge in [0.15, 0.2) is 121 Å². The van der Waals surface area contributed by atoms with Crippen LogP contribution in [0.4, 0.5) is 0 Å². The van der Waals surface area contributed by atoms with Crippen molar-refractivity contribution in [3.8, 4) is 0 Å². The van der Waals surface area contributed by atoms with Gasteiger partial charge in [0.25, 0.3) is 0 Å². The molecule has 0 amide bonds. The molecule has 5 saturated heterocycles. The number of esters is 16. The van der Waals surface area contributed by atoms with Crippen LogP contribution in [-0.4, -0.2) is 231 Å². The van der Waals surface area contributed by atoms with Gasteiger partial charge < -0.3 is 85.3 Å². The molecule has 0 radical (unpaired) electrons. The van der Waals surface area contributed by atoms with E-state index >= 15 is 0 Å². The van der Waals surface area contributed by atoms with Crippen LogP contribution in [0.2, 0.25) is 0 Å². The lowest BCUT2D eigenvalue weighted by Crippen LogP contribution is -2.40. The van der Waals surface area contributed by atoms with Crippen molar-refractivity contribution < 1.29 is 172 Å². The topological polar surface area (TPSA) is 473 Å². The maximum absolute atomic E-state index is 12.1. The van der Waals surface area contributed by atoms with E-state index in [1.165, 1.54) is 146 Å². The number of ketones is 2. The molecule has 0 aliphatic carbocycles. The number of cyclic esters (lactones) is 10. The molecule has 5 rings (SSSR count). The highest BCUT2D eigenvalue weighted by Crippen LogP contribution is 2.14. The fraction of sp³-hybridized carbons (Fsp3) is 0.690. The highest BCUT2D eigenvalue weighted by molar-refractivity contribution is 5.91. The van der Waals surface area contributed by atoms with E-state index < -0.39 is 205 Å². The zero-order valence-corrected chi connectivity index (χ0v) is 56.1. The molecule has 5 aliphatic rings. The Kier molecular flexibility index (Phi) is 38.9. The summed E-state index contributed by atoms with van der Waals surface area (Å²) < 4.78 is 84.4. The number of hydrogen-bond acceptors (Lipinski definition) is 36. The van der Waals surface area contributed by atoms with Gasteiger partial charge in [-0.05, 0) is 138 Å². The monoisotopic (exact) mass is 1360 g/mol. The van der Waals surface area contributed by atoms with Crippen LogP contribution in [0.5, 0.6) is 0 Å². The Hall–Kier alpha value is -9.22. The normalized spacial score (nSPS) is 25.0. The minimum Gasteiger partial charge on any atom is -0.453 e. The van der Waals surface area contributed by atoms with Crippen molar-refractivity contribution >= 4 is 107 Å². The number of Topliss-reactive ketones (excluding diaryl/α,β-unsaturated/α-hetero) is 2. The van der Waals surface area contributed by atoms with Gasteiger partial charge >= 0.3 is 95.5 Å². The van der Waals surface area contributed by atoms with Crippen LogP contribution in [0, 0.1) is 0 Å². The van der Waals surface area contributed by atoms with Gasteiger partial charge in [0, 0.05) is 14.2 Å². The summed E-state index contributed by atoms with van der Waals surface area (Å²) >= 11 is 0. The minimum atomic E-state index is -1.44. The Morgan fingerprint density at radius 1 is 0.234 bits per heavy atom. The zero-order valence-electron chi connectivity index (χ0n) is 56.1. The van der Waals surface area contributed by atoms with Crippen LogP contribution >= 0.6 is 0 Å². The van der Waals surface area contributed by atoms with Crippen LogP contribution in [0.1, 0.15) is 138 Å². The van der Waals surface area contributed by atoms with Crippen LogP contribution < -0.4 is 0 Å². The van der Waals surface area contributed by atoms with Crippen molar-refractivity contribution in [2.75, 3.05) is 14.2 Å². The summed E-state index contributed by atoms with van der Waals surface area (Å²) in [5.41, 5.74) is 0. The first-order valence-corrected chi connectivity index (χ1v) is 28.6. The van der Waals surface area contributed by atoms with Crippen LogP contribution in [0.3, 0.4) is 0 Å². The van der Waals surface area contributed by atoms with E-state index in [4.69, 9.17) is 37.9 Å². The number of carbonyl (C=O) groups is 18. The van der Waals surface area contributed by atoms with Crippen molar-refractivity contribution in [1.82, 2.24) is 0 Å². The molecule has 5 aliphatic heterocycles. The molecule has 36 heteroatoms. The molecule has 4 unspecified atom stereocenters. The predicted molar refractivity (Wildman–Crippen MR) is 303 cm³/mol. The molecule has 0 aromatic carbocycles. The molecule has 532 valence electrons. The molecule has 0 spiro atoms. The lowest BCUT2D eigenvalue weighted by atomic mass is 10.3. The van der Waals surface area contributed by atoms with Gasteiger partial charge in [-0.25, -0.2) is 76.7 Å². The second kappa shape index (κ2) is 42.1. The molecule has 0 bridgehead atoms. The molecule has 5 heterocycles. The van der Waals surface area contributed by atoms with Gasteiger partial charge in [-0.15, -0.1) is 0 Å². The van der Waals surface area contributed by atoms with Gasteiger partial charge in [0.1, 0.15) is 0 Å². The minimum absolute atomic E-state index is 0.174. The van der Waals surface area contributed by atoms with Gasteiger partial charge in [0.05, 0.1) is 0 Å². The summed E-state index contributed by atoms with van der Waals surface area (Å²) in [6, 6.07) is 0. The highest BCUT2D eigenvalue weighted by atomic mass is 16.7. The summed E-state index contributed by atoms with van der Waals surface area (Å²) in [7, 11) is 2.69. The Balaban J connectivity index is 0. The van der Waals surface area contributed by atoms with E-state index in [-0.39, 0.29) is 11.6 Å². The number of methoxy groups -OCH3 is 2. The maximum Gasteiger partial charge on any atom is 0.347 e. The molecule has 5 fully saturated rings. The predicted octanol–water partition coefficient (Wildman–Crippen LogP) is 0.128. The number of carbonyl (C=O) groups excluding carboxylic acids is 18. The average Bonchev–Trinajstić information content (AvgIpc) is 1.00. The van der Waals surface area contributed by atoms with Crippen LogP contribution in [0.25, 0.3) is 0 Å². The quantitative estimate of drug-likeness (QED) is 0.146. The first-order valence-electron chi connectivity index (χ1n) is 28.6. The van der Waals surface area contributed by atoms with Gasteiger partial charge in [-0.3, -0.25) is 9.59 Å². The van der Waals surface area contributed by atoms with Crippen molar-refractivity contribution in [3.63, 3.8) is 0 Å². The molecule has 94 heavy (non-hydrogen) atoms. The first kappa shape index (κ1) is 86.8.